The molecular formula is C18H11NOS. The minimum absolute atomic E-state index is 0.0346. The normalized spacial score (nSPS) is 11.0. The Balaban J connectivity index is 1.97. The molecule has 2 aromatic heterocycles. The number of nitrogens with zero attached hydrogens (tertiary/aromatic N) is 1. The van der Waals surface area contributed by atoms with Crippen LogP contribution in [-0.2, 0) is 0 Å². The van der Waals surface area contributed by atoms with Crippen molar-refractivity contribution in [3.05, 3.63) is 77.3 Å². The second kappa shape index (κ2) is 4.79. The molecule has 2 heterocycles. The zero-order valence-corrected chi connectivity index (χ0v) is 11.9. The molecule has 4 aromatic rings. The van der Waals surface area contributed by atoms with Gasteiger partial charge in [-0.15, -0.1) is 11.3 Å². The van der Waals surface area contributed by atoms with Gasteiger partial charge in [0, 0.05) is 27.4 Å². The van der Waals surface area contributed by atoms with E-state index in [1.807, 2.05) is 60.0 Å². The highest BCUT2D eigenvalue weighted by atomic mass is 32.1. The van der Waals surface area contributed by atoms with Crippen molar-refractivity contribution in [1.82, 2.24) is 4.98 Å². The minimum Gasteiger partial charge on any atom is -0.288 e. The van der Waals surface area contributed by atoms with Gasteiger partial charge in [0.1, 0.15) is 0 Å². The number of hydrogen-bond acceptors (Lipinski definition) is 3. The third-order valence-electron chi connectivity index (χ3n) is 3.60. The number of hydrogen-bond donors (Lipinski definition) is 0. The van der Waals surface area contributed by atoms with Crippen LogP contribution in [0, 0.1) is 0 Å². The van der Waals surface area contributed by atoms with Crippen molar-refractivity contribution in [2.45, 2.75) is 0 Å². The van der Waals surface area contributed by atoms with Crippen LogP contribution in [-0.4, -0.2) is 10.8 Å². The molecule has 0 fully saturated rings. The smallest absolute Gasteiger partial charge is 0.196 e. The first-order valence-electron chi connectivity index (χ1n) is 6.69. The van der Waals surface area contributed by atoms with Gasteiger partial charge in [0.25, 0.3) is 0 Å². The molecule has 0 aliphatic rings. The molecular weight excluding hydrogens is 278 g/mol. The van der Waals surface area contributed by atoms with Gasteiger partial charge in [-0.2, -0.15) is 0 Å². The standard InChI is InChI=1S/C18H11NOS/c20-17(15-8-2-5-13-9-11-21-18(13)15)14-7-1-4-12-6-3-10-19-16(12)14/h1-11H. The number of benzene rings is 2. The number of carbonyl (C=O) groups excluding carboxylic acids is 1. The minimum atomic E-state index is 0.0346. The van der Waals surface area contributed by atoms with E-state index in [1.54, 1.807) is 17.5 Å². The summed E-state index contributed by atoms with van der Waals surface area (Å²) in [5, 5.41) is 4.11. The van der Waals surface area contributed by atoms with Gasteiger partial charge in [-0.25, -0.2) is 0 Å². The molecule has 3 heteroatoms. The Kier molecular flexibility index (Phi) is 2.79. The molecule has 100 valence electrons. The predicted octanol–water partition coefficient (Wildman–Crippen LogP) is 4.68. The van der Waals surface area contributed by atoms with E-state index in [2.05, 4.69) is 4.98 Å². The summed E-state index contributed by atoms with van der Waals surface area (Å²) in [5.74, 6) is 0.0346. The molecule has 0 aliphatic heterocycles. The van der Waals surface area contributed by atoms with Crippen LogP contribution in [0.4, 0.5) is 0 Å². The zero-order valence-electron chi connectivity index (χ0n) is 11.1. The topological polar surface area (TPSA) is 30.0 Å². The van der Waals surface area contributed by atoms with Crippen molar-refractivity contribution in [2.24, 2.45) is 0 Å². The quantitative estimate of drug-likeness (QED) is 0.501. The van der Waals surface area contributed by atoms with Gasteiger partial charge in [0.15, 0.2) is 5.78 Å². The van der Waals surface area contributed by atoms with Crippen molar-refractivity contribution in [1.29, 1.82) is 0 Å². The van der Waals surface area contributed by atoms with Crippen LogP contribution >= 0.6 is 11.3 Å². The lowest BCUT2D eigenvalue weighted by atomic mass is 9.99. The Bertz CT molecular complexity index is 966. The van der Waals surface area contributed by atoms with Crippen LogP contribution in [0.1, 0.15) is 15.9 Å². The van der Waals surface area contributed by atoms with Crippen LogP contribution in [0.2, 0.25) is 0 Å². The summed E-state index contributed by atoms with van der Waals surface area (Å²) >= 11 is 1.60. The molecule has 0 unspecified atom stereocenters. The zero-order chi connectivity index (χ0) is 14.2. The molecule has 0 amide bonds. The van der Waals surface area contributed by atoms with Gasteiger partial charge in [0.05, 0.1) is 5.52 Å². The summed E-state index contributed by atoms with van der Waals surface area (Å²) < 4.78 is 1.04. The number of fused-ring (bicyclic) bond motifs is 2. The van der Waals surface area contributed by atoms with Gasteiger partial charge >= 0.3 is 0 Å². The first-order valence-corrected chi connectivity index (χ1v) is 7.57. The van der Waals surface area contributed by atoms with Crippen molar-refractivity contribution in [2.75, 3.05) is 0 Å². The van der Waals surface area contributed by atoms with Gasteiger partial charge < -0.3 is 0 Å². The summed E-state index contributed by atoms with van der Waals surface area (Å²) in [7, 11) is 0. The number of thiophene rings is 1. The molecule has 2 aromatic carbocycles. The largest absolute Gasteiger partial charge is 0.288 e. The van der Waals surface area contributed by atoms with Gasteiger partial charge in [-0.1, -0.05) is 30.3 Å². The monoisotopic (exact) mass is 289 g/mol. The van der Waals surface area contributed by atoms with E-state index in [1.165, 1.54) is 0 Å². The van der Waals surface area contributed by atoms with E-state index < -0.39 is 0 Å². The Morgan fingerprint density at radius 2 is 1.62 bits per heavy atom. The fourth-order valence-corrected chi connectivity index (χ4v) is 3.51. The fraction of sp³-hybridized carbons (Fsp3) is 0. The maximum Gasteiger partial charge on any atom is 0.196 e. The van der Waals surface area contributed by atoms with Gasteiger partial charge in [0.2, 0.25) is 0 Å². The van der Waals surface area contributed by atoms with E-state index in [0.717, 1.165) is 26.6 Å². The first-order chi connectivity index (χ1) is 10.3. The summed E-state index contributed by atoms with van der Waals surface area (Å²) in [6.07, 6.45) is 1.73. The third kappa shape index (κ3) is 1.94. The number of carbonyl (C=O) groups is 1. The lowest BCUT2D eigenvalue weighted by Gasteiger charge is -2.06. The molecule has 0 aliphatic carbocycles. The van der Waals surface area contributed by atoms with Crippen LogP contribution in [0.3, 0.4) is 0 Å². The van der Waals surface area contributed by atoms with Crippen LogP contribution in [0.15, 0.2) is 66.2 Å². The predicted molar refractivity (Wildman–Crippen MR) is 87.0 cm³/mol. The molecule has 0 spiro atoms. The Morgan fingerprint density at radius 1 is 0.857 bits per heavy atom. The average molecular weight is 289 g/mol. The van der Waals surface area contributed by atoms with Crippen LogP contribution in [0.25, 0.3) is 21.0 Å². The van der Waals surface area contributed by atoms with E-state index in [9.17, 15) is 4.79 Å². The van der Waals surface area contributed by atoms with Crippen molar-refractivity contribution in [3.8, 4) is 0 Å². The first kappa shape index (κ1) is 12.2. The SMILES string of the molecule is O=C(c1cccc2cccnc12)c1cccc2ccsc12. The summed E-state index contributed by atoms with van der Waals surface area (Å²) in [4.78, 5) is 17.3. The second-order valence-corrected chi connectivity index (χ2v) is 5.77. The molecule has 0 radical (unpaired) electrons. The van der Waals surface area contributed by atoms with Crippen molar-refractivity contribution >= 4 is 38.1 Å². The maximum atomic E-state index is 12.9. The van der Waals surface area contributed by atoms with Crippen LogP contribution < -0.4 is 0 Å². The molecule has 0 bridgehead atoms. The molecule has 4 rings (SSSR count). The average Bonchev–Trinajstić information content (AvgIpc) is 3.02. The number of ketones is 1. The second-order valence-electron chi connectivity index (χ2n) is 4.85. The van der Waals surface area contributed by atoms with Gasteiger partial charge in [-0.3, -0.25) is 9.78 Å². The third-order valence-corrected chi connectivity index (χ3v) is 4.56. The maximum absolute atomic E-state index is 12.9. The van der Waals surface area contributed by atoms with Crippen molar-refractivity contribution < 1.29 is 4.79 Å². The Labute approximate surface area is 125 Å². The summed E-state index contributed by atoms with van der Waals surface area (Å²) in [6.45, 7) is 0. The molecule has 0 atom stereocenters. The van der Waals surface area contributed by atoms with E-state index in [4.69, 9.17) is 0 Å². The Morgan fingerprint density at radius 3 is 2.52 bits per heavy atom. The van der Waals surface area contributed by atoms with E-state index >= 15 is 0 Å². The summed E-state index contributed by atoms with van der Waals surface area (Å²) in [6, 6.07) is 17.5. The highest BCUT2D eigenvalue weighted by Gasteiger charge is 2.16. The number of rotatable bonds is 2. The molecule has 0 saturated carbocycles. The number of aromatic nitrogens is 1. The van der Waals surface area contributed by atoms with Crippen LogP contribution in [0.5, 0.6) is 0 Å². The molecule has 0 N–H and O–H groups in total. The molecule has 2 nitrogen and oxygen atoms in total. The highest BCUT2D eigenvalue weighted by Crippen LogP contribution is 2.28. The lowest BCUT2D eigenvalue weighted by Crippen LogP contribution is -2.03. The van der Waals surface area contributed by atoms with Gasteiger partial charge in [-0.05, 0) is 35.0 Å². The Hall–Kier alpha value is -2.52. The van der Waals surface area contributed by atoms with E-state index in [-0.39, 0.29) is 5.78 Å². The molecule has 0 saturated heterocycles. The summed E-state index contributed by atoms with van der Waals surface area (Å²) in [5.41, 5.74) is 2.17. The van der Waals surface area contributed by atoms with Crippen molar-refractivity contribution in [3.63, 3.8) is 0 Å². The highest BCUT2D eigenvalue weighted by molar-refractivity contribution is 7.17. The molecule has 21 heavy (non-hydrogen) atoms. The van der Waals surface area contributed by atoms with E-state index in [0.29, 0.717) is 5.56 Å². The number of pyridine rings is 1. The lowest BCUT2D eigenvalue weighted by molar-refractivity contribution is 0.104. The number of para-hydroxylation sites is 1. The fourth-order valence-electron chi connectivity index (χ4n) is 2.60.